The molecule has 0 amide bonds. The molecule has 0 atom stereocenters. The highest BCUT2D eigenvalue weighted by Crippen LogP contribution is 2.34. The summed E-state index contributed by atoms with van der Waals surface area (Å²) in [5, 5.41) is 20.0. The van der Waals surface area contributed by atoms with Crippen molar-refractivity contribution < 1.29 is 10.2 Å². The van der Waals surface area contributed by atoms with E-state index < -0.39 is 11.2 Å². The van der Waals surface area contributed by atoms with E-state index in [-0.39, 0.29) is 0 Å². The van der Waals surface area contributed by atoms with E-state index in [1.807, 2.05) is 0 Å². The van der Waals surface area contributed by atoms with Crippen molar-refractivity contribution in [3.63, 3.8) is 0 Å². The summed E-state index contributed by atoms with van der Waals surface area (Å²) < 4.78 is 0.752. The second-order valence-corrected chi connectivity index (χ2v) is 5.49. The first kappa shape index (κ1) is 12.6. The predicted octanol–water partition coefficient (Wildman–Crippen LogP) is 2.30. The Balaban J connectivity index is 3.48. The molecule has 3 nitrogen and oxygen atoms in total. The average molecular weight is 274 g/mol. The molecule has 0 fully saturated rings. The summed E-state index contributed by atoms with van der Waals surface area (Å²) >= 11 is 3.36. The molecule has 0 radical (unpaired) electrons. The van der Waals surface area contributed by atoms with Gasteiger partial charge < -0.3 is 10.2 Å². The lowest BCUT2D eigenvalue weighted by molar-refractivity contribution is 0.0480. The Morgan fingerprint density at radius 2 is 1.67 bits per heavy atom. The van der Waals surface area contributed by atoms with Crippen molar-refractivity contribution in [3.8, 4) is 0 Å². The zero-order valence-corrected chi connectivity index (χ0v) is 11.0. The second-order valence-electron chi connectivity index (χ2n) is 4.63. The fourth-order valence-corrected chi connectivity index (χ4v) is 2.28. The molecule has 0 spiro atoms. The fourth-order valence-electron chi connectivity index (χ4n) is 1.48. The zero-order valence-electron chi connectivity index (χ0n) is 9.37. The van der Waals surface area contributed by atoms with Crippen molar-refractivity contribution in [1.29, 1.82) is 0 Å². The smallest absolute Gasteiger partial charge is 0.101 e. The Labute approximate surface area is 98.3 Å². The summed E-state index contributed by atoms with van der Waals surface area (Å²) in [6, 6.07) is 1.75. The van der Waals surface area contributed by atoms with Gasteiger partial charge in [0.2, 0.25) is 0 Å². The summed E-state index contributed by atoms with van der Waals surface area (Å²) in [4.78, 5) is 4.14. The number of pyridine rings is 1. The van der Waals surface area contributed by atoms with Gasteiger partial charge in [-0.3, -0.25) is 4.98 Å². The van der Waals surface area contributed by atoms with Crippen LogP contribution in [0.1, 0.15) is 39.0 Å². The van der Waals surface area contributed by atoms with E-state index in [0.717, 1.165) is 4.47 Å². The molecule has 0 aromatic carbocycles. The molecule has 0 bridgehead atoms. The lowest BCUT2D eigenvalue weighted by Gasteiger charge is -2.27. The Kier molecular flexibility index (Phi) is 3.24. The van der Waals surface area contributed by atoms with Crippen molar-refractivity contribution in [2.75, 3.05) is 0 Å². The summed E-state index contributed by atoms with van der Waals surface area (Å²) in [7, 11) is 0. The van der Waals surface area contributed by atoms with Gasteiger partial charge in [0.1, 0.15) is 5.60 Å². The molecule has 0 saturated heterocycles. The van der Waals surface area contributed by atoms with E-state index in [1.54, 1.807) is 40.0 Å². The molecule has 4 heteroatoms. The Morgan fingerprint density at radius 3 is 2.00 bits per heavy atom. The maximum Gasteiger partial charge on any atom is 0.101 e. The number of rotatable bonds is 2. The van der Waals surface area contributed by atoms with Crippen LogP contribution in [-0.4, -0.2) is 15.2 Å². The third kappa shape index (κ3) is 2.77. The summed E-state index contributed by atoms with van der Waals surface area (Å²) in [6.07, 6.45) is 1.60. The maximum absolute atomic E-state index is 10.0. The first-order chi connectivity index (χ1) is 6.64. The highest BCUT2D eigenvalue weighted by atomic mass is 79.9. The molecule has 2 N–H and O–H groups in total. The van der Waals surface area contributed by atoms with E-state index >= 15 is 0 Å². The summed E-state index contributed by atoms with van der Waals surface area (Å²) in [6.45, 7) is 6.64. The van der Waals surface area contributed by atoms with Gasteiger partial charge in [-0.05, 0) is 33.8 Å². The van der Waals surface area contributed by atoms with Gasteiger partial charge in [-0.1, -0.05) is 15.9 Å². The monoisotopic (exact) mass is 273 g/mol. The van der Waals surface area contributed by atoms with E-state index in [1.165, 1.54) is 0 Å². The number of hydrogen-bond donors (Lipinski definition) is 2. The van der Waals surface area contributed by atoms with Crippen LogP contribution in [0.2, 0.25) is 0 Å². The van der Waals surface area contributed by atoms with E-state index in [2.05, 4.69) is 20.9 Å². The second kappa shape index (κ2) is 3.85. The lowest BCUT2D eigenvalue weighted by Crippen LogP contribution is -2.27. The van der Waals surface area contributed by atoms with Crippen LogP contribution in [0, 0.1) is 0 Å². The first-order valence-electron chi connectivity index (χ1n) is 4.74. The van der Waals surface area contributed by atoms with Gasteiger partial charge >= 0.3 is 0 Å². The minimum atomic E-state index is -1.07. The van der Waals surface area contributed by atoms with E-state index in [9.17, 15) is 10.2 Å². The van der Waals surface area contributed by atoms with Crippen LogP contribution in [0.3, 0.4) is 0 Å². The molecular formula is C11H16BrNO2. The highest BCUT2D eigenvalue weighted by molar-refractivity contribution is 9.10. The number of hydrogen-bond acceptors (Lipinski definition) is 3. The van der Waals surface area contributed by atoms with Crippen LogP contribution >= 0.6 is 15.9 Å². The molecule has 0 aliphatic rings. The fraction of sp³-hybridized carbons (Fsp3) is 0.545. The van der Waals surface area contributed by atoms with Gasteiger partial charge in [-0.2, -0.15) is 0 Å². The largest absolute Gasteiger partial charge is 0.386 e. The molecule has 0 saturated carbocycles. The molecular weight excluding hydrogens is 258 g/mol. The number of aliphatic hydroxyl groups is 2. The summed E-state index contributed by atoms with van der Waals surface area (Å²) in [5.74, 6) is 0. The minimum absolute atomic E-state index is 0.490. The van der Waals surface area contributed by atoms with Crippen molar-refractivity contribution in [1.82, 2.24) is 4.98 Å². The molecule has 15 heavy (non-hydrogen) atoms. The summed E-state index contributed by atoms with van der Waals surface area (Å²) in [5.41, 5.74) is -0.997. The Bertz CT molecular complexity index is 364. The topological polar surface area (TPSA) is 53.4 Å². The van der Waals surface area contributed by atoms with Crippen molar-refractivity contribution in [2.45, 2.75) is 38.9 Å². The zero-order chi connectivity index (χ0) is 11.9. The molecule has 0 aliphatic carbocycles. The maximum atomic E-state index is 10.0. The van der Waals surface area contributed by atoms with Gasteiger partial charge in [-0.15, -0.1) is 0 Å². The number of nitrogens with zero attached hydrogens (tertiary/aromatic N) is 1. The van der Waals surface area contributed by atoms with Gasteiger partial charge in [0.05, 0.1) is 11.3 Å². The number of halogens is 1. The molecule has 0 unspecified atom stereocenters. The van der Waals surface area contributed by atoms with Crippen LogP contribution < -0.4 is 0 Å². The predicted molar refractivity (Wildman–Crippen MR) is 62.4 cm³/mol. The normalized spacial score (nSPS) is 13.0. The number of aromatic nitrogens is 1. The van der Waals surface area contributed by atoms with E-state index in [0.29, 0.717) is 11.3 Å². The van der Waals surface area contributed by atoms with Crippen molar-refractivity contribution in [2.24, 2.45) is 0 Å². The van der Waals surface area contributed by atoms with Gasteiger partial charge in [0.15, 0.2) is 0 Å². The lowest BCUT2D eigenvalue weighted by atomic mass is 9.90. The van der Waals surface area contributed by atoms with Crippen LogP contribution in [0.15, 0.2) is 16.7 Å². The van der Waals surface area contributed by atoms with Crippen LogP contribution in [0.5, 0.6) is 0 Å². The van der Waals surface area contributed by atoms with Crippen LogP contribution in [0.4, 0.5) is 0 Å². The Morgan fingerprint density at radius 1 is 1.13 bits per heavy atom. The van der Waals surface area contributed by atoms with Gasteiger partial charge in [0.25, 0.3) is 0 Å². The van der Waals surface area contributed by atoms with Crippen molar-refractivity contribution >= 4 is 15.9 Å². The first-order valence-corrected chi connectivity index (χ1v) is 5.53. The molecule has 1 rings (SSSR count). The van der Waals surface area contributed by atoms with E-state index in [4.69, 9.17) is 0 Å². The standard InChI is InChI=1S/C11H16BrNO2/c1-10(2,14)8-7(12)5-6-13-9(8)11(3,4)15/h5-6,14-15H,1-4H3. The SMILES string of the molecule is CC(C)(O)c1nccc(Br)c1C(C)(C)O. The molecule has 0 aliphatic heterocycles. The molecule has 1 aromatic rings. The van der Waals surface area contributed by atoms with Gasteiger partial charge in [0, 0.05) is 16.2 Å². The van der Waals surface area contributed by atoms with Crippen LogP contribution in [0.25, 0.3) is 0 Å². The quantitative estimate of drug-likeness (QED) is 0.870. The van der Waals surface area contributed by atoms with Gasteiger partial charge in [-0.25, -0.2) is 0 Å². The third-order valence-corrected chi connectivity index (χ3v) is 2.75. The Hall–Kier alpha value is -0.450. The third-order valence-electron chi connectivity index (χ3n) is 2.09. The molecule has 1 aromatic heterocycles. The molecule has 84 valence electrons. The molecule has 1 heterocycles. The minimum Gasteiger partial charge on any atom is -0.386 e. The van der Waals surface area contributed by atoms with Crippen molar-refractivity contribution in [3.05, 3.63) is 28.0 Å². The average Bonchev–Trinajstić information content (AvgIpc) is 1.99. The highest BCUT2D eigenvalue weighted by Gasteiger charge is 2.30. The van der Waals surface area contributed by atoms with Crippen LogP contribution in [-0.2, 0) is 11.2 Å².